The minimum absolute atomic E-state index is 0.327. The number of fused-ring (bicyclic) bond motifs is 1. The highest BCUT2D eigenvalue weighted by atomic mass is 35.5. The number of nitrogens with two attached hydrogens (primary N) is 1. The van der Waals surface area contributed by atoms with Crippen LogP contribution in [0.1, 0.15) is 15.9 Å². The molecule has 0 saturated carbocycles. The maximum atomic E-state index is 11.5. The van der Waals surface area contributed by atoms with Crippen molar-refractivity contribution in [3.8, 4) is 0 Å². The standard InChI is InChI=1S/C19H15ClN2O3/c1-11(21)16-10-13-9-14(20)5-8-17(13)25-18(16)22-15-6-3-12(4-7-15)19(23)24-2/h3-10H,1,21H2,2H3. The molecule has 1 heterocycles. The summed E-state index contributed by atoms with van der Waals surface area (Å²) in [6, 6.07) is 13.7. The molecule has 6 heteroatoms. The Labute approximate surface area is 149 Å². The molecule has 0 aliphatic heterocycles. The molecule has 0 saturated heterocycles. The van der Waals surface area contributed by atoms with E-state index in [0.717, 1.165) is 5.39 Å². The lowest BCUT2D eigenvalue weighted by Crippen LogP contribution is -2.11. The van der Waals surface area contributed by atoms with Crippen LogP contribution in [0.4, 0.5) is 5.69 Å². The van der Waals surface area contributed by atoms with Gasteiger partial charge in [0.05, 0.1) is 23.9 Å². The quantitative estimate of drug-likeness (QED) is 0.720. The molecule has 0 aliphatic carbocycles. The predicted octanol–water partition coefficient (Wildman–Crippen LogP) is 4.03. The first-order valence-corrected chi connectivity index (χ1v) is 7.77. The summed E-state index contributed by atoms with van der Waals surface area (Å²) < 4.78 is 10.5. The number of hydrogen-bond donors (Lipinski definition) is 1. The molecule has 1 aromatic heterocycles. The molecule has 2 aromatic carbocycles. The predicted molar refractivity (Wildman–Crippen MR) is 97.4 cm³/mol. The van der Waals surface area contributed by atoms with E-state index in [4.69, 9.17) is 21.8 Å². The van der Waals surface area contributed by atoms with Gasteiger partial charge in [0, 0.05) is 16.1 Å². The Bertz CT molecular complexity index is 1040. The first kappa shape index (κ1) is 16.8. The van der Waals surface area contributed by atoms with Gasteiger partial charge in [0.1, 0.15) is 5.58 Å². The van der Waals surface area contributed by atoms with Gasteiger partial charge < -0.3 is 14.9 Å². The zero-order chi connectivity index (χ0) is 18.0. The van der Waals surface area contributed by atoms with Gasteiger partial charge in [-0.3, -0.25) is 0 Å². The average Bonchev–Trinajstić information content (AvgIpc) is 2.61. The number of methoxy groups -OCH3 is 1. The zero-order valence-electron chi connectivity index (χ0n) is 13.5. The Balaban J connectivity index is 2.14. The fraction of sp³-hybridized carbons (Fsp3) is 0.0526. The van der Waals surface area contributed by atoms with Crippen LogP contribution >= 0.6 is 11.6 Å². The van der Waals surface area contributed by atoms with Gasteiger partial charge in [-0.25, -0.2) is 9.79 Å². The number of ether oxygens (including phenoxy) is 1. The number of hydrogen-bond acceptors (Lipinski definition) is 5. The zero-order valence-corrected chi connectivity index (χ0v) is 14.2. The van der Waals surface area contributed by atoms with Gasteiger partial charge in [-0.05, 0) is 48.5 Å². The lowest BCUT2D eigenvalue weighted by Gasteiger charge is -2.05. The van der Waals surface area contributed by atoms with Crippen LogP contribution in [-0.4, -0.2) is 13.1 Å². The maximum Gasteiger partial charge on any atom is 0.337 e. The van der Waals surface area contributed by atoms with E-state index in [-0.39, 0.29) is 0 Å². The van der Waals surface area contributed by atoms with Crippen molar-refractivity contribution in [3.63, 3.8) is 0 Å². The van der Waals surface area contributed by atoms with Crippen molar-refractivity contribution in [1.82, 2.24) is 0 Å². The fourth-order valence-electron chi connectivity index (χ4n) is 2.32. The second-order valence-electron chi connectivity index (χ2n) is 5.32. The number of esters is 1. The maximum absolute atomic E-state index is 11.5. The Morgan fingerprint density at radius 1 is 1.20 bits per heavy atom. The van der Waals surface area contributed by atoms with Crippen molar-refractivity contribution in [2.45, 2.75) is 0 Å². The van der Waals surface area contributed by atoms with E-state index < -0.39 is 5.97 Å². The number of rotatable bonds is 3. The smallest absolute Gasteiger partial charge is 0.337 e. The molecule has 0 atom stereocenters. The molecule has 2 N–H and O–H groups in total. The number of halogens is 1. The average molecular weight is 355 g/mol. The van der Waals surface area contributed by atoms with Gasteiger partial charge >= 0.3 is 5.97 Å². The first-order valence-electron chi connectivity index (χ1n) is 7.39. The van der Waals surface area contributed by atoms with E-state index in [1.165, 1.54) is 7.11 Å². The van der Waals surface area contributed by atoms with Gasteiger partial charge in [-0.15, -0.1) is 0 Å². The summed E-state index contributed by atoms with van der Waals surface area (Å²) in [6.45, 7) is 3.77. The number of carbonyl (C=O) groups is 1. The van der Waals surface area contributed by atoms with E-state index >= 15 is 0 Å². The number of carbonyl (C=O) groups excluding carboxylic acids is 1. The van der Waals surface area contributed by atoms with Gasteiger partial charge in [0.2, 0.25) is 5.55 Å². The summed E-state index contributed by atoms with van der Waals surface area (Å²) in [5.41, 5.74) is 8.77. The highest BCUT2D eigenvalue weighted by Gasteiger charge is 2.07. The van der Waals surface area contributed by atoms with E-state index in [0.29, 0.717) is 38.7 Å². The van der Waals surface area contributed by atoms with Gasteiger partial charge in [-0.2, -0.15) is 0 Å². The molecule has 0 amide bonds. The van der Waals surface area contributed by atoms with Crippen LogP contribution in [0.25, 0.3) is 16.7 Å². The summed E-state index contributed by atoms with van der Waals surface area (Å²) >= 11 is 6.02. The molecular weight excluding hydrogens is 340 g/mol. The minimum Gasteiger partial charge on any atom is -0.465 e. The third-order valence-electron chi connectivity index (χ3n) is 3.57. The Kier molecular flexibility index (Phi) is 4.59. The summed E-state index contributed by atoms with van der Waals surface area (Å²) in [6.07, 6.45) is 0. The second-order valence-corrected chi connectivity index (χ2v) is 5.76. The second kappa shape index (κ2) is 6.83. The molecule has 3 rings (SSSR count). The highest BCUT2D eigenvalue weighted by Crippen LogP contribution is 2.21. The molecule has 0 radical (unpaired) electrons. The van der Waals surface area contributed by atoms with Crippen molar-refractivity contribution >= 4 is 39.9 Å². The summed E-state index contributed by atoms with van der Waals surface area (Å²) in [7, 11) is 1.33. The van der Waals surface area contributed by atoms with Crippen LogP contribution in [0.5, 0.6) is 0 Å². The van der Waals surface area contributed by atoms with Crippen molar-refractivity contribution in [1.29, 1.82) is 0 Å². The molecule has 3 aromatic rings. The molecule has 0 unspecified atom stereocenters. The van der Waals surface area contributed by atoms with Crippen molar-refractivity contribution in [3.05, 3.63) is 76.8 Å². The molecule has 0 bridgehead atoms. The third-order valence-corrected chi connectivity index (χ3v) is 3.81. The first-order chi connectivity index (χ1) is 12.0. The highest BCUT2D eigenvalue weighted by molar-refractivity contribution is 6.31. The van der Waals surface area contributed by atoms with Crippen molar-refractivity contribution < 1.29 is 13.9 Å². The molecule has 0 fully saturated rings. The van der Waals surface area contributed by atoms with Crippen LogP contribution < -0.4 is 11.3 Å². The largest absolute Gasteiger partial charge is 0.465 e. The summed E-state index contributed by atoms with van der Waals surface area (Å²) in [5.74, 6) is -0.408. The van der Waals surface area contributed by atoms with Crippen LogP contribution in [0.3, 0.4) is 0 Å². The molecular formula is C19H15ClN2O3. The minimum atomic E-state index is -0.408. The van der Waals surface area contributed by atoms with Crippen molar-refractivity contribution in [2.75, 3.05) is 7.11 Å². The van der Waals surface area contributed by atoms with Crippen LogP contribution in [0, 0.1) is 0 Å². The van der Waals surface area contributed by atoms with Gasteiger partial charge in [0.25, 0.3) is 0 Å². The van der Waals surface area contributed by atoms with E-state index in [1.807, 2.05) is 6.07 Å². The summed E-state index contributed by atoms with van der Waals surface area (Å²) in [4.78, 5) is 16.0. The van der Waals surface area contributed by atoms with Gasteiger partial charge in [-0.1, -0.05) is 18.2 Å². The van der Waals surface area contributed by atoms with E-state index in [2.05, 4.69) is 16.3 Å². The Morgan fingerprint density at radius 3 is 2.56 bits per heavy atom. The fourth-order valence-corrected chi connectivity index (χ4v) is 2.50. The lowest BCUT2D eigenvalue weighted by molar-refractivity contribution is 0.0601. The van der Waals surface area contributed by atoms with Crippen LogP contribution in [0.15, 0.2) is 64.5 Å². The molecule has 126 valence electrons. The van der Waals surface area contributed by atoms with Crippen LogP contribution in [0.2, 0.25) is 5.02 Å². The van der Waals surface area contributed by atoms with E-state index in [9.17, 15) is 4.79 Å². The molecule has 0 aliphatic rings. The third kappa shape index (κ3) is 3.56. The van der Waals surface area contributed by atoms with Crippen LogP contribution in [-0.2, 0) is 4.74 Å². The Hall–Kier alpha value is -3.05. The lowest BCUT2D eigenvalue weighted by atomic mass is 10.1. The SMILES string of the molecule is C=C(N)c1cc2cc(Cl)ccc2oc1=Nc1ccc(C(=O)OC)cc1. The van der Waals surface area contributed by atoms with Gasteiger partial charge in [0.15, 0.2) is 0 Å². The molecule has 25 heavy (non-hydrogen) atoms. The normalized spacial score (nSPS) is 11.5. The monoisotopic (exact) mass is 354 g/mol. The molecule has 5 nitrogen and oxygen atoms in total. The number of benzene rings is 2. The van der Waals surface area contributed by atoms with E-state index in [1.54, 1.807) is 42.5 Å². The molecule has 0 spiro atoms. The summed E-state index contributed by atoms with van der Waals surface area (Å²) in [5, 5.41) is 1.40. The Morgan fingerprint density at radius 2 is 1.92 bits per heavy atom. The van der Waals surface area contributed by atoms with Crippen molar-refractivity contribution in [2.24, 2.45) is 10.7 Å². The topological polar surface area (TPSA) is 77.8 Å². The number of nitrogens with zero attached hydrogens (tertiary/aromatic N) is 1.